The van der Waals surface area contributed by atoms with Gasteiger partial charge in [0.15, 0.2) is 0 Å². The molecule has 2 aliphatic rings. The van der Waals surface area contributed by atoms with Gasteiger partial charge in [0.05, 0.1) is 0 Å². The maximum Gasteiger partial charge on any atom is 0.133 e. The molecule has 0 aliphatic carbocycles. The van der Waals surface area contributed by atoms with Crippen LogP contribution in [0.25, 0.3) is 21.5 Å². The average molecular weight is 414 g/mol. The van der Waals surface area contributed by atoms with Crippen LogP contribution in [0.4, 0.5) is 11.4 Å². The molecule has 154 valence electrons. The quantitative estimate of drug-likeness (QED) is 0.284. The molecule has 0 aromatic heterocycles. The number of nitrogens with zero attached hydrogens (tertiary/aromatic N) is 1. The Hall–Kier alpha value is -3.78. The molecule has 2 nitrogen and oxygen atoms in total. The lowest BCUT2D eigenvalue weighted by Crippen LogP contribution is -2.28. The van der Waals surface area contributed by atoms with Gasteiger partial charge in [0.1, 0.15) is 11.5 Å². The third kappa shape index (κ3) is 2.30. The first-order valence-electron chi connectivity index (χ1n) is 11.5. The zero-order valence-electron chi connectivity index (χ0n) is 18.0. The van der Waals surface area contributed by atoms with Crippen LogP contribution in [0.15, 0.2) is 91.0 Å². The highest BCUT2D eigenvalue weighted by Crippen LogP contribution is 2.59. The van der Waals surface area contributed by atoms with Crippen LogP contribution in [0.3, 0.4) is 0 Å². The van der Waals surface area contributed by atoms with Crippen LogP contribution in [-0.4, -0.2) is 6.54 Å². The van der Waals surface area contributed by atoms with Gasteiger partial charge in [0.25, 0.3) is 0 Å². The fraction of sp³-hybridized carbons (Fsp3) is 0.133. The Morgan fingerprint density at radius 1 is 0.625 bits per heavy atom. The smallest absolute Gasteiger partial charge is 0.133 e. The summed E-state index contributed by atoms with van der Waals surface area (Å²) in [5.41, 5.74) is 6.58. The van der Waals surface area contributed by atoms with Gasteiger partial charge in [0.2, 0.25) is 0 Å². The second kappa shape index (κ2) is 6.61. The molecule has 7 rings (SSSR count). The average Bonchev–Trinajstić information content (AvgIpc) is 2.85. The van der Waals surface area contributed by atoms with E-state index in [9.17, 15) is 0 Å². The first-order chi connectivity index (χ1) is 15.8. The maximum atomic E-state index is 6.56. The van der Waals surface area contributed by atoms with Gasteiger partial charge in [-0.25, -0.2) is 0 Å². The molecular weight excluding hydrogens is 390 g/mol. The summed E-state index contributed by atoms with van der Waals surface area (Å²) in [7, 11) is 0. The molecule has 0 unspecified atom stereocenters. The first-order valence-corrected chi connectivity index (χ1v) is 11.5. The molecule has 2 heterocycles. The molecular formula is C30H23NO. The van der Waals surface area contributed by atoms with Crippen molar-refractivity contribution in [2.75, 3.05) is 11.4 Å². The van der Waals surface area contributed by atoms with Crippen LogP contribution in [0.2, 0.25) is 0 Å². The topological polar surface area (TPSA) is 12.5 Å². The largest absolute Gasteiger partial charge is 0.457 e. The third-order valence-electron chi connectivity index (χ3n) is 7.04. The summed E-state index contributed by atoms with van der Waals surface area (Å²) in [5.74, 6) is 2.10. The Balaban J connectivity index is 1.66. The Labute approximate surface area is 187 Å². The molecule has 5 aromatic carbocycles. The molecule has 1 atom stereocenters. The van der Waals surface area contributed by atoms with E-state index >= 15 is 0 Å². The van der Waals surface area contributed by atoms with E-state index in [0.29, 0.717) is 0 Å². The SMILES string of the molecule is CCCN1c2cccc3c2[C@H](c2c(ccc4ccccc24)O3)c2c1ccc1ccccc21. The van der Waals surface area contributed by atoms with Gasteiger partial charge in [-0.3, -0.25) is 0 Å². The second-order valence-electron chi connectivity index (χ2n) is 8.79. The Morgan fingerprint density at radius 3 is 2.06 bits per heavy atom. The zero-order chi connectivity index (χ0) is 21.2. The minimum atomic E-state index is 0.144. The van der Waals surface area contributed by atoms with Crippen molar-refractivity contribution in [2.45, 2.75) is 19.3 Å². The molecule has 0 spiro atoms. The van der Waals surface area contributed by atoms with Gasteiger partial charge in [0, 0.05) is 35.0 Å². The van der Waals surface area contributed by atoms with Gasteiger partial charge in [-0.2, -0.15) is 0 Å². The lowest BCUT2D eigenvalue weighted by molar-refractivity contribution is 0.454. The van der Waals surface area contributed by atoms with Gasteiger partial charge in [-0.05, 0) is 57.8 Å². The Morgan fingerprint density at radius 2 is 1.28 bits per heavy atom. The molecule has 0 saturated heterocycles. The van der Waals surface area contributed by atoms with Crippen LogP contribution >= 0.6 is 0 Å². The standard InChI is InChI=1S/C30H23NO/c1-2-18-31-23-12-7-13-25-29(23)30(27-21-10-5-3-8-19(21)14-16-24(27)31)28-22-11-6-4-9-20(22)15-17-26(28)32-25/h3-17,30H,2,18H2,1H3/t30-/m0/s1. The number of rotatable bonds is 2. The lowest BCUT2D eigenvalue weighted by atomic mass is 9.75. The van der Waals surface area contributed by atoms with Crippen molar-refractivity contribution in [1.29, 1.82) is 0 Å². The van der Waals surface area contributed by atoms with Crippen LogP contribution < -0.4 is 9.64 Å². The summed E-state index contributed by atoms with van der Waals surface area (Å²) in [6.45, 7) is 3.23. The highest BCUT2D eigenvalue weighted by molar-refractivity contribution is 5.99. The van der Waals surface area contributed by atoms with Crippen molar-refractivity contribution < 1.29 is 4.74 Å². The fourth-order valence-electron chi connectivity index (χ4n) is 5.78. The summed E-state index contributed by atoms with van der Waals surface area (Å²) in [6.07, 6.45) is 1.08. The number of ether oxygens (including phenoxy) is 1. The Kier molecular flexibility index (Phi) is 3.69. The number of benzene rings is 5. The minimum absolute atomic E-state index is 0.144. The number of hydrogen-bond acceptors (Lipinski definition) is 2. The van der Waals surface area contributed by atoms with Crippen molar-refractivity contribution in [3.8, 4) is 11.5 Å². The Bertz CT molecular complexity index is 1530. The third-order valence-corrected chi connectivity index (χ3v) is 7.04. The molecule has 0 N–H and O–H groups in total. The van der Waals surface area contributed by atoms with Gasteiger partial charge < -0.3 is 9.64 Å². The molecule has 32 heavy (non-hydrogen) atoms. The number of hydrogen-bond donors (Lipinski definition) is 0. The number of anilines is 2. The van der Waals surface area contributed by atoms with E-state index in [1.807, 2.05) is 0 Å². The summed E-state index contributed by atoms with van der Waals surface area (Å²) in [6, 6.07) is 33.0. The number of fused-ring (bicyclic) bond motifs is 8. The van der Waals surface area contributed by atoms with E-state index in [4.69, 9.17) is 4.74 Å². The van der Waals surface area contributed by atoms with Gasteiger partial charge in [-0.15, -0.1) is 0 Å². The van der Waals surface area contributed by atoms with Crippen LogP contribution in [0.5, 0.6) is 11.5 Å². The molecule has 0 bridgehead atoms. The maximum absolute atomic E-state index is 6.56. The van der Waals surface area contributed by atoms with E-state index in [2.05, 4.69) is 103 Å². The van der Waals surface area contributed by atoms with E-state index in [-0.39, 0.29) is 5.92 Å². The van der Waals surface area contributed by atoms with E-state index < -0.39 is 0 Å². The van der Waals surface area contributed by atoms with Crippen molar-refractivity contribution in [3.05, 3.63) is 108 Å². The molecule has 5 aromatic rings. The lowest BCUT2D eigenvalue weighted by Gasteiger charge is -2.42. The van der Waals surface area contributed by atoms with Crippen molar-refractivity contribution in [3.63, 3.8) is 0 Å². The monoisotopic (exact) mass is 413 g/mol. The summed E-state index contributed by atoms with van der Waals surface area (Å²) in [4.78, 5) is 2.50. The van der Waals surface area contributed by atoms with E-state index in [1.165, 1.54) is 49.6 Å². The van der Waals surface area contributed by atoms with Crippen LogP contribution in [0, 0.1) is 0 Å². The minimum Gasteiger partial charge on any atom is -0.457 e. The molecule has 0 radical (unpaired) electrons. The van der Waals surface area contributed by atoms with Crippen LogP contribution in [-0.2, 0) is 0 Å². The first kappa shape index (κ1) is 17.9. The highest BCUT2D eigenvalue weighted by Gasteiger charge is 2.39. The van der Waals surface area contributed by atoms with Crippen LogP contribution in [0.1, 0.15) is 36.0 Å². The summed E-state index contributed by atoms with van der Waals surface area (Å²) in [5, 5.41) is 5.15. The zero-order valence-corrected chi connectivity index (χ0v) is 18.0. The molecule has 2 aliphatic heterocycles. The predicted molar refractivity (Wildman–Crippen MR) is 133 cm³/mol. The summed E-state index contributed by atoms with van der Waals surface area (Å²) < 4.78 is 6.56. The predicted octanol–water partition coefficient (Wildman–Crippen LogP) is 8.14. The normalized spacial score (nSPS) is 15.8. The van der Waals surface area contributed by atoms with Crippen molar-refractivity contribution in [2.24, 2.45) is 0 Å². The molecule has 2 heteroatoms. The van der Waals surface area contributed by atoms with Crippen molar-refractivity contribution in [1.82, 2.24) is 0 Å². The molecule has 0 saturated carbocycles. The second-order valence-corrected chi connectivity index (χ2v) is 8.79. The fourth-order valence-corrected chi connectivity index (χ4v) is 5.78. The van der Waals surface area contributed by atoms with E-state index in [1.54, 1.807) is 0 Å². The van der Waals surface area contributed by atoms with Gasteiger partial charge in [-0.1, -0.05) is 73.7 Å². The van der Waals surface area contributed by atoms with Gasteiger partial charge >= 0.3 is 0 Å². The molecule has 0 amide bonds. The van der Waals surface area contributed by atoms with E-state index in [0.717, 1.165) is 24.5 Å². The molecule has 0 fully saturated rings. The van der Waals surface area contributed by atoms with Crippen molar-refractivity contribution >= 4 is 32.9 Å². The highest BCUT2D eigenvalue weighted by atomic mass is 16.5. The summed E-state index contributed by atoms with van der Waals surface area (Å²) >= 11 is 0.